The summed E-state index contributed by atoms with van der Waals surface area (Å²) < 4.78 is 11.8. The van der Waals surface area contributed by atoms with Crippen molar-refractivity contribution in [3.8, 4) is 11.5 Å². The molecule has 2 aromatic rings. The summed E-state index contributed by atoms with van der Waals surface area (Å²) in [6.45, 7) is 4.50. The fourth-order valence-electron chi connectivity index (χ4n) is 4.34. The Labute approximate surface area is 179 Å². The number of hydrogen-bond acceptors (Lipinski definition) is 6. The summed E-state index contributed by atoms with van der Waals surface area (Å²) in [5.41, 5.74) is 1.84. The van der Waals surface area contributed by atoms with Gasteiger partial charge in [0.25, 0.3) is 5.91 Å². The number of nitrogens with zero attached hydrogens (tertiary/aromatic N) is 2. The first-order chi connectivity index (χ1) is 14.8. The molecule has 1 fully saturated rings. The Morgan fingerprint density at radius 1 is 1.23 bits per heavy atom. The molecule has 8 nitrogen and oxygen atoms in total. The molecule has 0 saturated carbocycles. The van der Waals surface area contributed by atoms with Crippen LogP contribution < -0.4 is 9.47 Å². The quantitative estimate of drug-likeness (QED) is 0.549. The molecule has 162 valence electrons. The van der Waals surface area contributed by atoms with Gasteiger partial charge in [0.05, 0.1) is 16.9 Å². The van der Waals surface area contributed by atoms with Crippen LogP contribution in [0, 0.1) is 24.0 Å². The number of rotatable bonds is 4. The summed E-state index contributed by atoms with van der Waals surface area (Å²) in [4.78, 5) is 37.6. The zero-order chi connectivity index (χ0) is 22.2. The van der Waals surface area contributed by atoms with Gasteiger partial charge in [-0.3, -0.25) is 19.7 Å². The SMILES string of the molecule is Cc1cc(C)c2c(c1)C(=O)CC1(CCN(C(=O)COc3ccccc3[N+](=O)[O-])CC1)O2. The standard InChI is InChI=1S/C23H24N2O6/c1-15-11-16(2)22-17(12-15)19(26)13-23(31-22)7-9-24(10-8-23)21(27)14-30-20-6-4-3-5-18(20)25(28)29/h3-6,11-12H,7-10,13-14H2,1-2H3. The first-order valence-electron chi connectivity index (χ1n) is 10.3. The van der Waals surface area contributed by atoms with Gasteiger partial charge in [0.1, 0.15) is 11.4 Å². The van der Waals surface area contributed by atoms with Crippen molar-refractivity contribution in [3.05, 3.63) is 63.2 Å². The minimum atomic E-state index is -0.597. The number of Topliss-reactive ketones (excluding diaryl/α,β-unsaturated/α-hetero) is 1. The zero-order valence-electron chi connectivity index (χ0n) is 17.6. The molecular weight excluding hydrogens is 400 g/mol. The van der Waals surface area contributed by atoms with Crippen LogP contribution in [0.4, 0.5) is 5.69 Å². The first-order valence-corrected chi connectivity index (χ1v) is 10.3. The number of nitro benzene ring substituents is 1. The lowest BCUT2D eigenvalue weighted by atomic mass is 9.81. The highest BCUT2D eigenvalue weighted by molar-refractivity contribution is 6.01. The number of ketones is 1. The lowest BCUT2D eigenvalue weighted by Gasteiger charge is -2.44. The van der Waals surface area contributed by atoms with Crippen LogP contribution >= 0.6 is 0 Å². The van der Waals surface area contributed by atoms with Gasteiger partial charge in [0.15, 0.2) is 18.1 Å². The number of aryl methyl sites for hydroxylation is 2. The number of fused-ring (bicyclic) bond motifs is 1. The lowest BCUT2D eigenvalue weighted by Crippen LogP contribution is -2.53. The average molecular weight is 424 g/mol. The Morgan fingerprint density at radius 2 is 1.94 bits per heavy atom. The second-order valence-corrected chi connectivity index (χ2v) is 8.24. The molecule has 1 saturated heterocycles. The number of hydrogen-bond donors (Lipinski definition) is 0. The van der Waals surface area contributed by atoms with E-state index >= 15 is 0 Å². The van der Waals surface area contributed by atoms with Crippen LogP contribution in [0.15, 0.2) is 36.4 Å². The number of piperidine rings is 1. The van der Waals surface area contributed by atoms with Gasteiger partial charge >= 0.3 is 5.69 Å². The Hall–Kier alpha value is -3.42. The van der Waals surface area contributed by atoms with E-state index in [-0.39, 0.29) is 29.7 Å². The van der Waals surface area contributed by atoms with Gasteiger partial charge in [0, 0.05) is 32.0 Å². The Morgan fingerprint density at radius 3 is 2.65 bits per heavy atom. The van der Waals surface area contributed by atoms with Crippen molar-refractivity contribution >= 4 is 17.4 Å². The third-order valence-electron chi connectivity index (χ3n) is 5.96. The van der Waals surface area contributed by atoms with Gasteiger partial charge in [-0.05, 0) is 37.1 Å². The van der Waals surface area contributed by atoms with Crippen molar-refractivity contribution < 1.29 is 24.0 Å². The van der Waals surface area contributed by atoms with Crippen LogP contribution in [-0.2, 0) is 4.79 Å². The molecule has 0 N–H and O–H groups in total. The van der Waals surface area contributed by atoms with E-state index in [4.69, 9.17) is 9.47 Å². The van der Waals surface area contributed by atoms with E-state index in [0.717, 1.165) is 11.1 Å². The molecule has 0 unspecified atom stereocenters. The molecule has 2 aliphatic rings. The normalized spacial score (nSPS) is 17.1. The van der Waals surface area contributed by atoms with Crippen molar-refractivity contribution in [1.82, 2.24) is 4.90 Å². The van der Waals surface area contributed by atoms with Gasteiger partial charge in [0.2, 0.25) is 0 Å². The minimum absolute atomic E-state index is 0.0675. The topological polar surface area (TPSA) is 99.0 Å². The second kappa shape index (κ2) is 8.02. The van der Waals surface area contributed by atoms with E-state index in [1.807, 2.05) is 26.0 Å². The summed E-state index contributed by atoms with van der Waals surface area (Å²) in [6.07, 6.45) is 1.39. The minimum Gasteiger partial charge on any atom is -0.486 e. The van der Waals surface area contributed by atoms with Crippen LogP contribution in [0.3, 0.4) is 0 Å². The van der Waals surface area contributed by atoms with E-state index in [1.165, 1.54) is 12.1 Å². The molecule has 0 aliphatic carbocycles. The number of carbonyl (C=O) groups excluding carboxylic acids is 2. The molecule has 0 bridgehead atoms. The van der Waals surface area contributed by atoms with Crippen molar-refractivity contribution in [2.24, 2.45) is 0 Å². The van der Waals surface area contributed by atoms with Crippen LogP contribution in [-0.4, -0.2) is 46.8 Å². The first kappa shape index (κ1) is 20.8. The number of nitro groups is 1. The molecule has 2 aliphatic heterocycles. The number of likely N-dealkylation sites (tertiary alicyclic amines) is 1. The molecule has 31 heavy (non-hydrogen) atoms. The van der Waals surface area contributed by atoms with Crippen molar-refractivity contribution in [2.75, 3.05) is 19.7 Å². The van der Waals surface area contributed by atoms with Gasteiger partial charge in [-0.15, -0.1) is 0 Å². The summed E-state index contributed by atoms with van der Waals surface area (Å²) in [5.74, 6) is 0.550. The Kier molecular flexibility index (Phi) is 5.39. The Balaban J connectivity index is 1.39. The van der Waals surface area contributed by atoms with Crippen LogP contribution in [0.1, 0.15) is 40.7 Å². The van der Waals surface area contributed by atoms with Gasteiger partial charge < -0.3 is 14.4 Å². The monoisotopic (exact) mass is 424 g/mol. The molecule has 4 rings (SSSR count). The highest BCUT2D eigenvalue weighted by atomic mass is 16.6. The molecule has 1 spiro atoms. The second-order valence-electron chi connectivity index (χ2n) is 8.24. The lowest BCUT2D eigenvalue weighted by molar-refractivity contribution is -0.385. The van der Waals surface area contributed by atoms with Crippen molar-refractivity contribution in [3.63, 3.8) is 0 Å². The summed E-state index contributed by atoms with van der Waals surface area (Å²) >= 11 is 0. The summed E-state index contributed by atoms with van der Waals surface area (Å²) in [7, 11) is 0. The number of benzene rings is 2. The highest BCUT2D eigenvalue weighted by Gasteiger charge is 2.44. The number of carbonyl (C=O) groups is 2. The predicted molar refractivity (Wildman–Crippen MR) is 113 cm³/mol. The summed E-state index contributed by atoms with van der Waals surface area (Å²) in [5, 5.41) is 11.1. The number of ether oxygens (including phenoxy) is 2. The molecule has 0 atom stereocenters. The zero-order valence-corrected chi connectivity index (χ0v) is 17.6. The fourth-order valence-corrected chi connectivity index (χ4v) is 4.34. The molecule has 0 radical (unpaired) electrons. The van der Waals surface area contributed by atoms with E-state index < -0.39 is 10.5 Å². The molecular formula is C23H24N2O6. The maximum atomic E-state index is 12.8. The van der Waals surface area contributed by atoms with E-state index in [9.17, 15) is 19.7 Å². The maximum Gasteiger partial charge on any atom is 0.310 e. The predicted octanol–water partition coefficient (Wildman–Crippen LogP) is 3.62. The third-order valence-corrected chi connectivity index (χ3v) is 5.96. The molecule has 0 aromatic heterocycles. The fraction of sp³-hybridized carbons (Fsp3) is 0.391. The largest absolute Gasteiger partial charge is 0.486 e. The maximum absolute atomic E-state index is 12.8. The van der Waals surface area contributed by atoms with Gasteiger partial charge in [-0.1, -0.05) is 18.2 Å². The molecule has 8 heteroatoms. The van der Waals surface area contributed by atoms with Crippen molar-refractivity contribution in [1.29, 1.82) is 0 Å². The van der Waals surface area contributed by atoms with Crippen LogP contribution in [0.2, 0.25) is 0 Å². The van der Waals surface area contributed by atoms with Gasteiger partial charge in [-0.2, -0.15) is 0 Å². The highest BCUT2D eigenvalue weighted by Crippen LogP contribution is 2.41. The molecule has 2 heterocycles. The van der Waals surface area contributed by atoms with Crippen LogP contribution in [0.25, 0.3) is 0 Å². The molecule has 2 aromatic carbocycles. The third kappa shape index (κ3) is 4.10. The van der Waals surface area contributed by atoms with Gasteiger partial charge in [-0.25, -0.2) is 0 Å². The smallest absolute Gasteiger partial charge is 0.310 e. The number of para-hydroxylation sites is 2. The molecule has 1 amide bonds. The van der Waals surface area contributed by atoms with Crippen molar-refractivity contribution in [2.45, 2.75) is 38.7 Å². The van der Waals surface area contributed by atoms with E-state index in [2.05, 4.69) is 0 Å². The Bertz CT molecular complexity index is 1060. The van der Waals surface area contributed by atoms with E-state index in [1.54, 1.807) is 17.0 Å². The van der Waals surface area contributed by atoms with E-state index in [0.29, 0.717) is 43.7 Å². The average Bonchev–Trinajstić information content (AvgIpc) is 2.74. The number of amides is 1. The van der Waals surface area contributed by atoms with Crippen LogP contribution in [0.5, 0.6) is 11.5 Å². The summed E-state index contributed by atoms with van der Waals surface area (Å²) in [6, 6.07) is 9.85.